The topological polar surface area (TPSA) is 0 Å². The quantitative estimate of drug-likeness (QED) is 0.365. The molecule has 2 aromatic rings. The molecule has 0 atom stereocenters. The largest absolute Gasteiger partial charge is 2.00 e. The summed E-state index contributed by atoms with van der Waals surface area (Å²) in [5.74, 6) is 0. The first kappa shape index (κ1) is 19.6. The van der Waals surface area contributed by atoms with Gasteiger partial charge in [-0.05, 0) is 0 Å². The normalized spacial score (nSPS) is 9.85. The fraction of sp³-hybridized carbons (Fsp3) is 0.444. The molecule has 0 nitrogen and oxygen atoms in total. The SMILES string of the molecule is Cc1c(S)c(C)[c-](C)c1C.Cc1c[c-](C)c(C)c1C.[Fe+2]. The third-order valence-electron chi connectivity index (χ3n) is 4.58. The zero-order chi connectivity index (χ0) is 14.9. The van der Waals surface area contributed by atoms with Crippen LogP contribution >= 0.6 is 12.6 Å². The summed E-state index contributed by atoms with van der Waals surface area (Å²) < 4.78 is 0. The van der Waals surface area contributed by atoms with Crippen molar-refractivity contribution in [3.63, 3.8) is 0 Å². The van der Waals surface area contributed by atoms with E-state index in [2.05, 4.69) is 74.1 Å². The Balaban J connectivity index is 0.000000345. The predicted octanol–water partition coefficient (Wildman–Crippen LogP) is 5.56. The van der Waals surface area contributed by atoms with Crippen molar-refractivity contribution in [2.75, 3.05) is 0 Å². The van der Waals surface area contributed by atoms with Crippen LogP contribution < -0.4 is 0 Å². The summed E-state index contributed by atoms with van der Waals surface area (Å²) >= 11 is 4.40. The molecular formula is C18H26FeS. The first-order chi connectivity index (χ1) is 8.68. The van der Waals surface area contributed by atoms with Crippen molar-refractivity contribution in [1.82, 2.24) is 0 Å². The Morgan fingerprint density at radius 2 is 1.30 bits per heavy atom. The molecule has 0 aliphatic carbocycles. The van der Waals surface area contributed by atoms with Gasteiger partial charge in [0.1, 0.15) is 0 Å². The summed E-state index contributed by atoms with van der Waals surface area (Å²) in [6, 6.07) is 2.24. The van der Waals surface area contributed by atoms with Gasteiger partial charge in [0.05, 0.1) is 0 Å². The van der Waals surface area contributed by atoms with Gasteiger partial charge in [-0.15, -0.1) is 4.90 Å². The van der Waals surface area contributed by atoms with Crippen molar-refractivity contribution in [2.24, 2.45) is 0 Å². The molecule has 0 aliphatic rings. The fourth-order valence-electron chi connectivity index (χ4n) is 2.33. The Bertz CT molecular complexity index is 483. The predicted molar refractivity (Wildman–Crippen MR) is 89.2 cm³/mol. The van der Waals surface area contributed by atoms with Gasteiger partial charge in [-0.25, -0.2) is 12.6 Å². The van der Waals surface area contributed by atoms with E-state index >= 15 is 0 Å². The van der Waals surface area contributed by atoms with Crippen LogP contribution in [0.25, 0.3) is 0 Å². The number of aryl methyl sites for hydroxylation is 2. The first-order valence-electron chi connectivity index (χ1n) is 6.80. The Labute approximate surface area is 140 Å². The molecule has 2 heteroatoms. The van der Waals surface area contributed by atoms with Gasteiger partial charge < -0.3 is 0 Å². The molecule has 0 heterocycles. The van der Waals surface area contributed by atoms with Crippen LogP contribution in [0, 0.1) is 55.4 Å². The summed E-state index contributed by atoms with van der Waals surface area (Å²) in [5, 5.41) is 0. The van der Waals surface area contributed by atoms with Crippen LogP contribution in [0.5, 0.6) is 0 Å². The smallest absolute Gasteiger partial charge is 0.225 e. The molecule has 0 radical (unpaired) electrons. The minimum atomic E-state index is 0. The molecule has 0 spiro atoms. The number of hydrogen-bond donors (Lipinski definition) is 1. The third kappa shape index (κ3) is 3.81. The van der Waals surface area contributed by atoms with E-state index in [4.69, 9.17) is 0 Å². The van der Waals surface area contributed by atoms with E-state index in [0.29, 0.717) is 0 Å². The maximum Gasteiger partial charge on any atom is 2.00 e. The van der Waals surface area contributed by atoms with Crippen LogP contribution in [0.4, 0.5) is 0 Å². The second kappa shape index (κ2) is 7.54. The van der Waals surface area contributed by atoms with Gasteiger partial charge in [0.15, 0.2) is 0 Å². The van der Waals surface area contributed by atoms with Crippen molar-refractivity contribution >= 4 is 12.6 Å². The Hall–Kier alpha value is -0.431. The van der Waals surface area contributed by atoms with Crippen LogP contribution in [-0.2, 0) is 17.1 Å². The maximum absolute atomic E-state index is 4.40. The van der Waals surface area contributed by atoms with Gasteiger partial charge in [-0.2, -0.15) is 50.6 Å². The molecule has 0 saturated heterocycles. The molecule has 2 rings (SSSR count). The molecule has 0 fully saturated rings. The van der Waals surface area contributed by atoms with Crippen molar-refractivity contribution in [3.05, 3.63) is 50.6 Å². The number of hydrogen-bond acceptors (Lipinski definition) is 1. The van der Waals surface area contributed by atoms with Gasteiger partial charge in [0.2, 0.25) is 0 Å². The monoisotopic (exact) mass is 330 g/mol. The van der Waals surface area contributed by atoms with Crippen LogP contribution in [0.3, 0.4) is 0 Å². The van der Waals surface area contributed by atoms with Gasteiger partial charge in [-0.3, -0.25) is 0 Å². The van der Waals surface area contributed by atoms with Crippen molar-refractivity contribution in [2.45, 2.75) is 60.3 Å². The number of thiol groups is 1. The fourth-order valence-corrected chi connectivity index (χ4v) is 2.67. The second-order valence-corrected chi connectivity index (χ2v) is 6.06. The zero-order valence-corrected chi connectivity index (χ0v) is 15.9. The van der Waals surface area contributed by atoms with Gasteiger partial charge in [0.25, 0.3) is 0 Å². The molecule has 20 heavy (non-hydrogen) atoms. The van der Waals surface area contributed by atoms with E-state index in [1.165, 1.54) is 44.5 Å². The molecule has 112 valence electrons. The molecule has 0 N–H and O–H groups in total. The van der Waals surface area contributed by atoms with E-state index in [9.17, 15) is 0 Å². The Morgan fingerprint density at radius 3 is 1.40 bits per heavy atom. The van der Waals surface area contributed by atoms with Gasteiger partial charge in [0, 0.05) is 0 Å². The van der Waals surface area contributed by atoms with Crippen LogP contribution in [0.15, 0.2) is 11.0 Å². The van der Waals surface area contributed by atoms with Crippen LogP contribution in [0.2, 0.25) is 0 Å². The van der Waals surface area contributed by atoms with E-state index in [1.807, 2.05) is 0 Å². The van der Waals surface area contributed by atoms with Crippen LogP contribution in [0.1, 0.15) is 44.5 Å². The van der Waals surface area contributed by atoms with Crippen molar-refractivity contribution < 1.29 is 17.1 Å². The van der Waals surface area contributed by atoms with E-state index < -0.39 is 0 Å². The molecule has 0 aromatic heterocycles. The first-order valence-corrected chi connectivity index (χ1v) is 7.25. The Kier molecular flexibility index (Phi) is 7.38. The standard InChI is InChI=1S/C9H13S.C9H13.Fe/c1-5-6(2)8(4)9(10)7(5)3;1-6-5-7(2)9(4)8(6)3;/h10H,1-4H3;5H,1-4H3;/q2*-1;+2. The molecule has 0 amide bonds. The average molecular weight is 330 g/mol. The Morgan fingerprint density at radius 1 is 0.800 bits per heavy atom. The van der Waals surface area contributed by atoms with E-state index in [1.54, 1.807) is 0 Å². The summed E-state index contributed by atoms with van der Waals surface area (Å²) in [6.45, 7) is 17.2. The molecule has 0 bridgehead atoms. The van der Waals surface area contributed by atoms with Crippen LogP contribution in [-0.4, -0.2) is 0 Å². The summed E-state index contributed by atoms with van der Waals surface area (Å²) in [5.41, 5.74) is 11.2. The van der Waals surface area contributed by atoms with Gasteiger partial charge in [-0.1, -0.05) is 55.4 Å². The molecular weight excluding hydrogens is 304 g/mol. The summed E-state index contributed by atoms with van der Waals surface area (Å²) in [6.07, 6.45) is 0. The van der Waals surface area contributed by atoms with E-state index in [-0.39, 0.29) is 17.1 Å². The summed E-state index contributed by atoms with van der Waals surface area (Å²) in [7, 11) is 0. The molecule has 0 aliphatic heterocycles. The molecule has 2 aromatic carbocycles. The zero-order valence-electron chi connectivity index (χ0n) is 13.9. The number of rotatable bonds is 0. The third-order valence-corrected chi connectivity index (χ3v) is 5.25. The van der Waals surface area contributed by atoms with Gasteiger partial charge >= 0.3 is 17.1 Å². The minimum Gasteiger partial charge on any atom is -0.225 e. The second-order valence-electron chi connectivity index (χ2n) is 5.61. The summed E-state index contributed by atoms with van der Waals surface area (Å²) in [4.78, 5) is 1.16. The van der Waals surface area contributed by atoms with Crippen molar-refractivity contribution in [1.29, 1.82) is 0 Å². The average Bonchev–Trinajstić information content (AvgIpc) is 2.69. The van der Waals surface area contributed by atoms with E-state index in [0.717, 1.165) is 4.90 Å². The molecule has 0 saturated carbocycles. The van der Waals surface area contributed by atoms with Crippen molar-refractivity contribution in [3.8, 4) is 0 Å². The molecule has 0 unspecified atom stereocenters. The maximum atomic E-state index is 4.40. The minimum absolute atomic E-state index is 0.